The van der Waals surface area contributed by atoms with Crippen LogP contribution in [0.15, 0.2) is 45.9 Å². The number of hydrogen-bond acceptors (Lipinski definition) is 8. The van der Waals surface area contributed by atoms with Gasteiger partial charge in [-0.2, -0.15) is 0 Å². The molecule has 0 radical (unpaired) electrons. The number of pyridine rings is 1. The highest BCUT2D eigenvalue weighted by atomic mass is 19.1. The highest BCUT2D eigenvalue weighted by molar-refractivity contribution is 6.21. The lowest BCUT2D eigenvalue weighted by molar-refractivity contribution is 0.0479. The van der Waals surface area contributed by atoms with E-state index in [-0.39, 0.29) is 29.5 Å². The van der Waals surface area contributed by atoms with Gasteiger partial charge in [0.15, 0.2) is 22.9 Å². The van der Waals surface area contributed by atoms with Gasteiger partial charge >= 0.3 is 5.97 Å². The van der Waals surface area contributed by atoms with E-state index in [9.17, 15) is 18.7 Å². The van der Waals surface area contributed by atoms with E-state index in [0.29, 0.717) is 29.6 Å². The molecule has 1 aliphatic heterocycles. The second-order valence-electron chi connectivity index (χ2n) is 7.44. The molecule has 33 heavy (non-hydrogen) atoms. The standard InChI is InChI=1S/C23H20F2N4O4/c1-29(2)8-9-32-23(31)19-20(30)18(10-13-12-27-21-15(13)4-3-7-26-21)33-22(19)28-17-6-5-14(24)11-16(17)25/h3-7,10-12,28,30H,8-9H2,1-2H3. The fourth-order valence-corrected chi connectivity index (χ4v) is 3.10. The van der Waals surface area contributed by atoms with Crippen LogP contribution in [0.3, 0.4) is 0 Å². The van der Waals surface area contributed by atoms with E-state index in [2.05, 4.69) is 15.3 Å². The molecule has 0 fully saturated rings. The number of furan rings is 1. The molecule has 0 atom stereocenters. The molecule has 0 unspecified atom stereocenters. The highest BCUT2D eigenvalue weighted by Gasteiger charge is 2.28. The predicted molar refractivity (Wildman–Crippen MR) is 119 cm³/mol. The summed E-state index contributed by atoms with van der Waals surface area (Å²) in [6.45, 7) is 0.514. The minimum absolute atomic E-state index is 0.0585. The van der Waals surface area contributed by atoms with Crippen molar-refractivity contribution in [2.45, 2.75) is 0 Å². The number of nitrogens with one attached hydrogen (secondary N) is 1. The van der Waals surface area contributed by atoms with E-state index in [4.69, 9.17) is 9.15 Å². The minimum Gasteiger partial charge on any atom is -0.504 e. The number of hydrogen-bond donors (Lipinski definition) is 2. The van der Waals surface area contributed by atoms with Crippen molar-refractivity contribution in [1.82, 2.24) is 9.88 Å². The van der Waals surface area contributed by atoms with Crippen molar-refractivity contribution in [3.8, 4) is 5.75 Å². The number of carbonyl (C=O) groups excluding carboxylic acids is 1. The summed E-state index contributed by atoms with van der Waals surface area (Å²) in [6, 6.07) is 6.41. The molecule has 170 valence electrons. The normalized spacial score (nSPS) is 13.5. The van der Waals surface area contributed by atoms with Gasteiger partial charge in [-0.15, -0.1) is 0 Å². The Bertz CT molecular complexity index is 1270. The molecule has 2 N–H and O–H groups in total. The third-order valence-electron chi connectivity index (χ3n) is 4.77. The topological polar surface area (TPSA) is 100 Å². The highest BCUT2D eigenvalue weighted by Crippen LogP contribution is 2.39. The Labute approximate surface area is 187 Å². The largest absolute Gasteiger partial charge is 0.504 e. The quantitative estimate of drug-likeness (QED) is 0.511. The lowest BCUT2D eigenvalue weighted by atomic mass is 10.1. The summed E-state index contributed by atoms with van der Waals surface area (Å²) in [6.07, 6.45) is 4.63. The molecule has 0 aliphatic carbocycles. The number of nitrogens with zero attached hydrogens (tertiary/aromatic N) is 3. The maximum absolute atomic E-state index is 14.2. The number of carbonyl (C=O) groups is 1. The molecule has 3 aromatic rings. The Morgan fingerprint density at radius 1 is 1.30 bits per heavy atom. The summed E-state index contributed by atoms with van der Waals surface area (Å²) in [5.74, 6) is -2.84. The first-order valence-corrected chi connectivity index (χ1v) is 9.94. The van der Waals surface area contributed by atoms with Crippen molar-refractivity contribution in [3.05, 3.63) is 65.1 Å². The van der Waals surface area contributed by atoms with Crippen LogP contribution < -0.4 is 5.32 Å². The molecule has 1 aromatic carbocycles. The van der Waals surface area contributed by atoms with Crippen LogP contribution in [-0.2, 0) is 4.74 Å². The Hall–Kier alpha value is -4.05. The lowest BCUT2D eigenvalue weighted by Gasteiger charge is -2.10. The monoisotopic (exact) mass is 454 g/mol. The van der Waals surface area contributed by atoms with Crippen molar-refractivity contribution < 1.29 is 27.8 Å². The molecule has 3 heterocycles. The molecule has 1 aliphatic rings. The molecular weight excluding hydrogens is 434 g/mol. The van der Waals surface area contributed by atoms with Gasteiger partial charge in [-0.05, 0) is 44.4 Å². The van der Waals surface area contributed by atoms with Crippen molar-refractivity contribution in [2.24, 2.45) is 4.99 Å². The SMILES string of the molecule is CN(C)CCOC(=O)c1c(Nc2ccc(F)cc2F)oc(C=C2C=Nc3ncccc32)c1O. The van der Waals surface area contributed by atoms with Crippen LogP contribution in [0.1, 0.15) is 21.7 Å². The number of aliphatic imine (C=N–C) groups is 1. The van der Waals surface area contributed by atoms with Crippen LogP contribution in [0.5, 0.6) is 5.75 Å². The molecule has 0 bridgehead atoms. The van der Waals surface area contributed by atoms with Crippen molar-refractivity contribution >= 4 is 41.2 Å². The number of ether oxygens (including phenoxy) is 1. The number of allylic oxidation sites excluding steroid dienone is 1. The summed E-state index contributed by atoms with van der Waals surface area (Å²) in [5, 5.41) is 13.4. The van der Waals surface area contributed by atoms with E-state index in [1.165, 1.54) is 6.08 Å². The van der Waals surface area contributed by atoms with Crippen molar-refractivity contribution in [1.29, 1.82) is 0 Å². The van der Waals surface area contributed by atoms with Gasteiger partial charge < -0.3 is 24.5 Å². The van der Waals surface area contributed by atoms with Gasteiger partial charge in [0.2, 0.25) is 5.88 Å². The second kappa shape index (κ2) is 9.21. The maximum atomic E-state index is 14.2. The first-order chi connectivity index (χ1) is 15.8. The smallest absolute Gasteiger partial charge is 0.347 e. The molecule has 0 amide bonds. The number of likely N-dealkylation sites (N-methyl/N-ethyl adjacent to an activating group) is 1. The fraction of sp³-hybridized carbons (Fsp3) is 0.174. The third kappa shape index (κ3) is 4.75. The van der Waals surface area contributed by atoms with E-state index in [0.717, 1.165) is 12.1 Å². The van der Waals surface area contributed by atoms with Gasteiger partial charge in [-0.3, -0.25) is 0 Å². The molecule has 8 nitrogen and oxygen atoms in total. The van der Waals surface area contributed by atoms with Gasteiger partial charge in [-0.25, -0.2) is 23.6 Å². The van der Waals surface area contributed by atoms with Crippen LogP contribution in [-0.4, -0.2) is 54.4 Å². The second-order valence-corrected chi connectivity index (χ2v) is 7.44. The van der Waals surface area contributed by atoms with Gasteiger partial charge in [-0.1, -0.05) is 0 Å². The molecule has 0 saturated heterocycles. The van der Waals surface area contributed by atoms with Crippen molar-refractivity contribution in [2.75, 3.05) is 32.6 Å². The van der Waals surface area contributed by atoms with Crippen LogP contribution in [0.4, 0.5) is 26.2 Å². The molecule has 2 aromatic heterocycles. The van der Waals surface area contributed by atoms with E-state index in [1.54, 1.807) is 24.5 Å². The summed E-state index contributed by atoms with van der Waals surface area (Å²) >= 11 is 0. The van der Waals surface area contributed by atoms with E-state index in [1.807, 2.05) is 19.0 Å². The summed E-state index contributed by atoms with van der Waals surface area (Å²) in [4.78, 5) is 22.9. The van der Waals surface area contributed by atoms with Crippen LogP contribution in [0.2, 0.25) is 0 Å². The Morgan fingerprint density at radius 2 is 2.12 bits per heavy atom. The van der Waals surface area contributed by atoms with Gasteiger partial charge in [0, 0.05) is 36.2 Å². The number of fused-ring (bicyclic) bond motifs is 1. The average molecular weight is 454 g/mol. The maximum Gasteiger partial charge on any atom is 0.347 e. The molecule has 10 heteroatoms. The Balaban J connectivity index is 1.72. The summed E-state index contributed by atoms with van der Waals surface area (Å²) < 4.78 is 38.4. The number of aromatic nitrogens is 1. The predicted octanol–water partition coefficient (Wildman–Crippen LogP) is 4.38. The average Bonchev–Trinajstić information content (AvgIpc) is 3.31. The third-order valence-corrected chi connectivity index (χ3v) is 4.77. The Kier molecular flexibility index (Phi) is 6.18. The van der Waals surface area contributed by atoms with E-state index >= 15 is 0 Å². The molecular formula is C23H20F2N4O4. The zero-order valence-corrected chi connectivity index (χ0v) is 17.8. The number of benzene rings is 1. The lowest BCUT2D eigenvalue weighted by Crippen LogP contribution is -2.20. The number of halogens is 2. The van der Waals surface area contributed by atoms with Crippen molar-refractivity contribution in [3.63, 3.8) is 0 Å². The molecule has 0 saturated carbocycles. The van der Waals surface area contributed by atoms with Gasteiger partial charge in [0.1, 0.15) is 18.2 Å². The minimum atomic E-state index is -0.902. The number of esters is 1. The first kappa shape index (κ1) is 22.2. The van der Waals surface area contributed by atoms with Gasteiger partial charge in [0.25, 0.3) is 0 Å². The Morgan fingerprint density at radius 3 is 2.88 bits per heavy atom. The summed E-state index contributed by atoms with van der Waals surface area (Å²) in [5.41, 5.74) is 0.839. The number of anilines is 2. The number of aromatic hydroxyl groups is 1. The van der Waals surface area contributed by atoms with E-state index < -0.39 is 23.4 Å². The van der Waals surface area contributed by atoms with Crippen LogP contribution in [0, 0.1) is 11.6 Å². The fourth-order valence-electron chi connectivity index (χ4n) is 3.10. The molecule has 4 rings (SSSR count). The molecule has 0 spiro atoms. The van der Waals surface area contributed by atoms with Crippen LogP contribution in [0.25, 0.3) is 11.6 Å². The zero-order valence-electron chi connectivity index (χ0n) is 17.8. The van der Waals surface area contributed by atoms with Gasteiger partial charge in [0.05, 0.1) is 5.69 Å². The van der Waals surface area contributed by atoms with Crippen LogP contribution >= 0.6 is 0 Å². The number of rotatable bonds is 7. The zero-order chi connectivity index (χ0) is 23.5. The first-order valence-electron chi connectivity index (χ1n) is 9.94. The summed E-state index contributed by atoms with van der Waals surface area (Å²) in [7, 11) is 3.63.